The Morgan fingerprint density at radius 2 is 1.84 bits per heavy atom. The van der Waals surface area contributed by atoms with Gasteiger partial charge in [-0.15, -0.1) is 11.3 Å². The van der Waals surface area contributed by atoms with E-state index in [0.29, 0.717) is 10.6 Å². The van der Waals surface area contributed by atoms with Crippen molar-refractivity contribution in [1.82, 2.24) is 4.72 Å². The van der Waals surface area contributed by atoms with Crippen LogP contribution >= 0.6 is 11.3 Å². The molecular formula is C18H24N2O3S2. The number of hydrogen-bond acceptors (Lipinski definition) is 4. The van der Waals surface area contributed by atoms with Gasteiger partial charge in [-0.3, -0.25) is 4.79 Å². The Balaban J connectivity index is 2.11. The third kappa shape index (κ3) is 5.14. The van der Waals surface area contributed by atoms with Crippen molar-refractivity contribution in [2.24, 2.45) is 0 Å². The summed E-state index contributed by atoms with van der Waals surface area (Å²) in [5, 5.41) is 2.82. The van der Waals surface area contributed by atoms with E-state index in [9.17, 15) is 13.2 Å². The number of anilines is 1. The number of sulfonamides is 1. The summed E-state index contributed by atoms with van der Waals surface area (Å²) in [5.74, 6) is -0.175. The number of amides is 1. The Morgan fingerprint density at radius 3 is 2.40 bits per heavy atom. The van der Waals surface area contributed by atoms with Gasteiger partial charge in [-0.05, 0) is 63.1 Å². The van der Waals surface area contributed by atoms with Gasteiger partial charge < -0.3 is 5.32 Å². The van der Waals surface area contributed by atoms with Crippen molar-refractivity contribution in [2.75, 3.05) is 5.32 Å². The Labute approximate surface area is 153 Å². The lowest BCUT2D eigenvalue weighted by atomic mass is 10.1. The molecule has 0 spiro atoms. The van der Waals surface area contributed by atoms with E-state index >= 15 is 0 Å². The normalized spacial score (nSPS) is 11.7. The minimum absolute atomic E-state index is 0.175. The summed E-state index contributed by atoms with van der Waals surface area (Å²) in [4.78, 5) is 14.4. The first-order valence-corrected chi connectivity index (χ1v) is 10.6. The van der Waals surface area contributed by atoms with Crippen molar-refractivity contribution in [3.63, 3.8) is 0 Å². The Hall–Kier alpha value is -1.70. The molecule has 1 heterocycles. The zero-order valence-electron chi connectivity index (χ0n) is 14.9. The molecule has 0 aliphatic heterocycles. The molecule has 1 aromatic heterocycles. The fourth-order valence-electron chi connectivity index (χ4n) is 2.44. The van der Waals surface area contributed by atoms with Gasteiger partial charge in [0.05, 0.1) is 9.77 Å². The Morgan fingerprint density at radius 1 is 1.20 bits per heavy atom. The van der Waals surface area contributed by atoms with Crippen LogP contribution in [-0.2, 0) is 16.4 Å². The summed E-state index contributed by atoms with van der Waals surface area (Å²) in [5.41, 5.74) is 1.77. The van der Waals surface area contributed by atoms with Gasteiger partial charge in [-0.25, -0.2) is 13.1 Å². The first kappa shape index (κ1) is 19.6. The highest BCUT2D eigenvalue weighted by molar-refractivity contribution is 7.89. The number of nitrogens with one attached hydrogen (secondary N) is 2. The Bertz CT molecular complexity index is 838. The summed E-state index contributed by atoms with van der Waals surface area (Å²) in [6.45, 7) is 7.67. The van der Waals surface area contributed by atoms with E-state index in [1.807, 2.05) is 13.0 Å². The maximum absolute atomic E-state index is 12.4. The molecule has 0 bridgehead atoms. The van der Waals surface area contributed by atoms with Gasteiger partial charge in [0.1, 0.15) is 0 Å². The first-order valence-electron chi connectivity index (χ1n) is 8.26. The number of aryl methyl sites for hydroxylation is 2. The second kappa shape index (κ2) is 8.12. The number of carbonyl (C=O) groups excluding carboxylic acids is 1. The highest BCUT2D eigenvalue weighted by atomic mass is 32.2. The van der Waals surface area contributed by atoms with Crippen LogP contribution in [-0.4, -0.2) is 20.4 Å². The smallest absolute Gasteiger partial charge is 0.265 e. The molecule has 1 aromatic carbocycles. The van der Waals surface area contributed by atoms with Crippen molar-refractivity contribution < 1.29 is 13.2 Å². The van der Waals surface area contributed by atoms with E-state index in [0.717, 1.165) is 17.7 Å². The summed E-state index contributed by atoms with van der Waals surface area (Å²) < 4.78 is 26.7. The van der Waals surface area contributed by atoms with E-state index in [1.165, 1.54) is 29.0 Å². The second-order valence-electron chi connectivity index (χ2n) is 6.20. The van der Waals surface area contributed by atoms with E-state index in [4.69, 9.17) is 0 Å². The van der Waals surface area contributed by atoms with Crippen LogP contribution in [0.1, 0.15) is 47.3 Å². The van der Waals surface area contributed by atoms with Crippen LogP contribution in [0.3, 0.4) is 0 Å². The number of hydrogen-bond donors (Lipinski definition) is 2. The zero-order valence-corrected chi connectivity index (χ0v) is 16.6. The van der Waals surface area contributed by atoms with Gasteiger partial charge in [-0.2, -0.15) is 0 Å². The molecule has 0 saturated carbocycles. The molecule has 0 radical (unpaired) electrons. The van der Waals surface area contributed by atoms with Crippen molar-refractivity contribution in [1.29, 1.82) is 0 Å². The van der Waals surface area contributed by atoms with E-state index in [2.05, 4.69) is 17.0 Å². The van der Waals surface area contributed by atoms with Crippen molar-refractivity contribution >= 4 is 33.0 Å². The molecule has 25 heavy (non-hydrogen) atoms. The van der Waals surface area contributed by atoms with Crippen LogP contribution in [0.2, 0.25) is 0 Å². The van der Waals surface area contributed by atoms with Crippen LogP contribution in [0.5, 0.6) is 0 Å². The number of rotatable bonds is 7. The van der Waals surface area contributed by atoms with Crippen LogP contribution in [0.15, 0.2) is 35.2 Å². The molecule has 0 aliphatic rings. The molecule has 0 saturated heterocycles. The topological polar surface area (TPSA) is 75.3 Å². The molecule has 2 aromatic rings. The average molecular weight is 381 g/mol. The summed E-state index contributed by atoms with van der Waals surface area (Å²) >= 11 is 1.48. The van der Waals surface area contributed by atoms with Crippen LogP contribution in [0.4, 0.5) is 5.69 Å². The highest BCUT2D eigenvalue weighted by Gasteiger charge is 2.16. The van der Waals surface area contributed by atoms with Gasteiger partial charge in [0, 0.05) is 16.6 Å². The maximum atomic E-state index is 12.4. The third-order valence-corrected chi connectivity index (χ3v) is 6.34. The van der Waals surface area contributed by atoms with Gasteiger partial charge >= 0.3 is 0 Å². The molecule has 2 N–H and O–H groups in total. The predicted molar refractivity (Wildman–Crippen MR) is 103 cm³/mol. The quantitative estimate of drug-likeness (QED) is 0.764. The number of carbonyl (C=O) groups is 1. The summed E-state index contributed by atoms with van der Waals surface area (Å²) in [7, 11) is -3.53. The van der Waals surface area contributed by atoms with E-state index in [-0.39, 0.29) is 16.8 Å². The SMILES string of the molecule is CCCc1cc(C(=O)Nc2ccc(S(=O)(=O)NC(C)C)cc2)sc1C. The molecule has 1 amide bonds. The fraction of sp³-hybridized carbons (Fsp3) is 0.389. The summed E-state index contributed by atoms with van der Waals surface area (Å²) in [6, 6.07) is 7.93. The molecule has 0 unspecified atom stereocenters. The van der Waals surface area contributed by atoms with Gasteiger partial charge in [0.25, 0.3) is 5.91 Å². The molecule has 7 heteroatoms. The lowest BCUT2D eigenvalue weighted by Gasteiger charge is -2.10. The monoisotopic (exact) mass is 380 g/mol. The molecule has 2 rings (SSSR count). The van der Waals surface area contributed by atoms with Gasteiger partial charge in [0.15, 0.2) is 0 Å². The summed E-state index contributed by atoms with van der Waals surface area (Å²) in [6.07, 6.45) is 2.00. The lowest BCUT2D eigenvalue weighted by molar-refractivity contribution is 0.103. The molecule has 0 atom stereocenters. The number of benzene rings is 1. The molecule has 0 aliphatic carbocycles. The Kier molecular flexibility index (Phi) is 6.37. The molecule has 5 nitrogen and oxygen atoms in total. The number of thiophene rings is 1. The van der Waals surface area contributed by atoms with Crippen LogP contribution in [0.25, 0.3) is 0 Å². The molecular weight excluding hydrogens is 356 g/mol. The van der Waals surface area contributed by atoms with E-state index < -0.39 is 10.0 Å². The van der Waals surface area contributed by atoms with Gasteiger partial charge in [0.2, 0.25) is 10.0 Å². The van der Waals surface area contributed by atoms with Crippen LogP contribution < -0.4 is 10.0 Å². The van der Waals surface area contributed by atoms with Crippen molar-refractivity contribution in [2.45, 2.75) is 51.5 Å². The minimum Gasteiger partial charge on any atom is -0.321 e. The fourth-order valence-corrected chi connectivity index (χ4v) is 4.66. The largest absolute Gasteiger partial charge is 0.321 e. The second-order valence-corrected chi connectivity index (χ2v) is 9.17. The van der Waals surface area contributed by atoms with Crippen molar-refractivity contribution in [3.8, 4) is 0 Å². The first-order chi connectivity index (χ1) is 11.7. The zero-order chi connectivity index (χ0) is 18.6. The molecule has 0 fully saturated rings. The standard InChI is InChI=1S/C18H24N2O3S2/c1-5-6-14-11-17(24-13(14)4)18(21)19-15-7-9-16(10-8-15)25(22,23)20-12(2)3/h7-12,20H,5-6H2,1-4H3,(H,19,21). The van der Waals surface area contributed by atoms with E-state index in [1.54, 1.807) is 26.0 Å². The third-order valence-electron chi connectivity index (χ3n) is 3.58. The predicted octanol–water partition coefficient (Wildman–Crippen LogP) is 3.95. The van der Waals surface area contributed by atoms with Crippen molar-refractivity contribution in [3.05, 3.63) is 45.6 Å². The average Bonchev–Trinajstić information content (AvgIpc) is 2.88. The highest BCUT2D eigenvalue weighted by Crippen LogP contribution is 2.24. The maximum Gasteiger partial charge on any atom is 0.265 e. The lowest BCUT2D eigenvalue weighted by Crippen LogP contribution is -2.30. The van der Waals surface area contributed by atoms with Crippen LogP contribution in [0, 0.1) is 6.92 Å². The van der Waals surface area contributed by atoms with Gasteiger partial charge in [-0.1, -0.05) is 13.3 Å². The molecule has 136 valence electrons. The minimum atomic E-state index is -3.53.